The number of amides is 2. The summed E-state index contributed by atoms with van der Waals surface area (Å²) in [5.74, 6) is -8.15. The third kappa shape index (κ3) is 23.2. The highest BCUT2D eigenvalue weighted by Crippen LogP contribution is 2.00. The third-order valence-electron chi connectivity index (χ3n) is 6.46. The first-order chi connectivity index (χ1) is 21.1. The van der Waals surface area contributed by atoms with Crippen LogP contribution in [0.5, 0.6) is 0 Å². The van der Waals surface area contributed by atoms with Crippen LogP contribution < -0.4 is 47.6 Å². The van der Waals surface area contributed by atoms with Gasteiger partial charge in [0.1, 0.15) is 6.04 Å². The minimum absolute atomic E-state index is 0.0675. The van der Waals surface area contributed by atoms with E-state index in [9.17, 15) is 59.1 Å². The molecule has 0 aliphatic rings. The zero-order valence-corrected chi connectivity index (χ0v) is 25.2. The summed E-state index contributed by atoms with van der Waals surface area (Å²) in [6, 6.07) is -2.00. The molecule has 45 heavy (non-hydrogen) atoms. The van der Waals surface area contributed by atoms with Crippen LogP contribution in [-0.2, 0) is 33.6 Å². The molecule has 0 saturated carbocycles. The zero-order chi connectivity index (χ0) is 34.4. The van der Waals surface area contributed by atoms with Crippen molar-refractivity contribution in [3.8, 4) is 0 Å². The minimum atomic E-state index is -1.48. The van der Waals surface area contributed by atoms with Crippen molar-refractivity contribution in [1.82, 2.24) is 25.3 Å². The Hall–Kier alpha value is -3.91. The van der Waals surface area contributed by atoms with Gasteiger partial charge in [0.25, 0.3) is 0 Å². The van der Waals surface area contributed by atoms with Gasteiger partial charge in [0.2, 0.25) is 11.8 Å². The molecule has 0 radical (unpaired) electrons. The topological polar surface area (TPSA) is 322 Å². The summed E-state index contributed by atoms with van der Waals surface area (Å²) in [5.41, 5.74) is 8.78. The fraction of sp³-hybridized carbons (Fsp3) is 0.731. The van der Waals surface area contributed by atoms with Gasteiger partial charge >= 0.3 is 0 Å². The van der Waals surface area contributed by atoms with Crippen LogP contribution in [0.25, 0.3) is 0 Å². The lowest BCUT2D eigenvalue weighted by Crippen LogP contribution is -2.68. The number of unbranched alkanes of at least 4 members (excludes halogenated alkanes) is 2. The molecule has 0 aromatic heterocycles. The molecule has 19 nitrogen and oxygen atoms in total. The number of nitrogens with one attached hydrogen (secondary N) is 2. The lowest BCUT2D eigenvalue weighted by molar-refractivity contribution is -0.438. The number of carbonyl (C=O) groups is 7. The second kappa shape index (κ2) is 23.5. The molecule has 2 amide bonds. The van der Waals surface area contributed by atoms with Crippen molar-refractivity contribution in [3.63, 3.8) is 0 Å². The second-order valence-electron chi connectivity index (χ2n) is 10.4. The molecule has 0 bridgehead atoms. The fourth-order valence-electron chi connectivity index (χ4n) is 4.03. The van der Waals surface area contributed by atoms with Crippen LogP contribution in [-0.4, -0.2) is 140 Å². The first-order valence-corrected chi connectivity index (χ1v) is 14.4. The summed E-state index contributed by atoms with van der Waals surface area (Å²) in [6.45, 7) is -2.57. The quantitative estimate of drug-likeness (QED) is 0.0574. The lowest BCUT2D eigenvalue weighted by Gasteiger charge is -2.30. The molecule has 0 rings (SSSR count). The molecule has 19 heteroatoms. The van der Waals surface area contributed by atoms with Gasteiger partial charge in [-0.2, -0.15) is 0 Å². The Morgan fingerprint density at radius 2 is 0.933 bits per heavy atom. The zero-order valence-electron chi connectivity index (χ0n) is 25.2. The van der Waals surface area contributed by atoms with E-state index < -0.39 is 73.4 Å². The number of rotatable bonds is 28. The molecule has 258 valence electrons. The first kappa shape index (κ1) is 41.1. The summed E-state index contributed by atoms with van der Waals surface area (Å²) in [6.07, 6.45) is 2.14. The second-order valence-corrected chi connectivity index (χ2v) is 10.4. The molecule has 0 aromatic carbocycles. The molecule has 2 atom stereocenters. The largest absolute Gasteiger partial charge is 0.549 e. The van der Waals surface area contributed by atoms with E-state index in [1.54, 1.807) is 0 Å². The van der Waals surface area contributed by atoms with Crippen molar-refractivity contribution in [1.29, 1.82) is 0 Å². The average molecular weight is 646 g/mol. The van der Waals surface area contributed by atoms with Crippen molar-refractivity contribution >= 4 is 41.7 Å². The predicted molar refractivity (Wildman–Crippen MR) is 143 cm³/mol. The highest BCUT2D eigenvalue weighted by Gasteiger charge is 2.17. The monoisotopic (exact) mass is 645 g/mol. The van der Waals surface area contributed by atoms with Crippen LogP contribution in [0.15, 0.2) is 0 Å². The van der Waals surface area contributed by atoms with Crippen LogP contribution in [0, 0.1) is 0 Å². The van der Waals surface area contributed by atoms with E-state index in [4.69, 9.17) is 5.73 Å². The Morgan fingerprint density at radius 1 is 0.556 bits per heavy atom. The van der Waals surface area contributed by atoms with Gasteiger partial charge in [-0.1, -0.05) is 0 Å². The first-order valence-electron chi connectivity index (χ1n) is 14.4. The number of hydrogen-bond acceptors (Lipinski definition) is 16. The molecular weight excluding hydrogens is 602 g/mol. The molecule has 7 N–H and O–H groups in total. The Kier molecular flexibility index (Phi) is 21.4. The molecule has 0 fully saturated rings. The Labute approximate surface area is 260 Å². The Balaban J connectivity index is 4.94. The Bertz CT molecular complexity index is 916. The Morgan fingerprint density at radius 3 is 1.31 bits per heavy atom. The number of carboxylic acids is 5. The number of carbonyl (C=O) groups excluding carboxylic acids is 7. The standard InChI is InChI=1S/C26H47N7O12/c27-18(25(42)43)5-1-3-7-29-20(34)13-32(16-23(38)39)11-9-31(15-22(36)37)10-12-33(17-24(40)41)14-21(35)30-8-4-2-6-19(28)26(44)45/h18-19H,1-17,27-28H2,(H,29,34)(H,30,35)(H,36,37)(H,38,39)(H,40,41)(H,42,43)(H,44,45)/p-4. The number of aliphatic carboxylic acids is 5. The van der Waals surface area contributed by atoms with Crippen molar-refractivity contribution in [2.24, 2.45) is 5.73 Å². The fourth-order valence-corrected chi connectivity index (χ4v) is 4.03. The molecule has 0 spiro atoms. The van der Waals surface area contributed by atoms with E-state index in [1.165, 1.54) is 14.7 Å². The van der Waals surface area contributed by atoms with Gasteiger partial charge in [0.15, 0.2) is 0 Å². The molecule has 0 aliphatic heterocycles. The van der Waals surface area contributed by atoms with Crippen LogP contribution in [0.3, 0.4) is 0 Å². The SMILES string of the molecule is NC(CCCCNC(=O)CN(CCN(CCN(CC(=O)[O-])CC(=O)NCCCCC([NH3+])C(=O)[O-])CC(=O)[O-])CC(=O)[O-])C(=O)[O-]. The van der Waals surface area contributed by atoms with Gasteiger partial charge in [-0.15, -0.1) is 0 Å². The van der Waals surface area contributed by atoms with Gasteiger partial charge in [-0.25, -0.2) is 0 Å². The van der Waals surface area contributed by atoms with Crippen molar-refractivity contribution in [2.75, 3.05) is 72.0 Å². The molecular formula is C26H43N7O12-4. The maximum atomic E-state index is 12.3. The average Bonchev–Trinajstić information content (AvgIpc) is 2.92. The summed E-state index contributed by atoms with van der Waals surface area (Å²) >= 11 is 0. The molecule has 0 aliphatic carbocycles. The van der Waals surface area contributed by atoms with Crippen molar-refractivity contribution in [2.45, 2.75) is 50.6 Å². The van der Waals surface area contributed by atoms with Gasteiger partial charge in [0.05, 0.1) is 42.9 Å². The van der Waals surface area contributed by atoms with E-state index in [1.807, 2.05) is 0 Å². The smallest absolute Gasteiger partial charge is 0.234 e. The van der Waals surface area contributed by atoms with Gasteiger partial charge in [0, 0.05) is 71.4 Å². The van der Waals surface area contributed by atoms with E-state index in [0.29, 0.717) is 25.7 Å². The van der Waals surface area contributed by atoms with E-state index in [2.05, 4.69) is 16.4 Å². The lowest BCUT2D eigenvalue weighted by atomic mass is 10.1. The van der Waals surface area contributed by atoms with Crippen LogP contribution in [0.4, 0.5) is 0 Å². The van der Waals surface area contributed by atoms with Crippen molar-refractivity contribution in [3.05, 3.63) is 0 Å². The summed E-state index contributed by atoms with van der Waals surface area (Å²) < 4.78 is 0. The molecule has 0 saturated heterocycles. The summed E-state index contributed by atoms with van der Waals surface area (Å²) in [4.78, 5) is 83.4. The highest BCUT2D eigenvalue weighted by molar-refractivity contribution is 5.79. The number of quaternary nitrogens is 1. The van der Waals surface area contributed by atoms with E-state index in [0.717, 1.165) is 0 Å². The summed E-state index contributed by atoms with van der Waals surface area (Å²) in [5, 5.41) is 60.2. The van der Waals surface area contributed by atoms with Gasteiger partial charge < -0.3 is 71.6 Å². The molecule has 0 heterocycles. The number of carboxylic acid groups (broad SMARTS) is 5. The maximum Gasteiger partial charge on any atom is 0.234 e. The van der Waals surface area contributed by atoms with E-state index in [-0.39, 0.29) is 65.2 Å². The predicted octanol–water partition coefficient (Wildman–Crippen LogP) is -10.8. The van der Waals surface area contributed by atoms with Crippen LogP contribution >= 0.6 is 0 Å². The minimum Gasteiger partial charge on any atom is -0.549 e. The normalized spacial score (nSPS) is 12.6. The maximum absolute atomic E-state index is 12.3. The number of nitrogens with two attached hydrogens (primary N) is 1. The number of nitrogens with zero attached hydrogens (tertiary/aromatic N) is 3. The molecule has 0 aromatic rings. The van der Waals surface area contributed by atoms with Gasteiger partial charge in [-0.3, -0.25) is 24.3 Å². The van der Waals surface area contributed by atoms with Crippen LogP contribution in [0.1, 0.15) is 38.5 Å². The number of hydrogen-bond donors (Lipinski definition) is 4. The van der Waals surface area contributed by atoms with E-state index >= 15 is 0 Å². The third-order valence-corrected chi connectivity index (χ3v) is 6.46. The van der Waals surface area contributed by atoms with Gasteiger partial charge in [-0.05, 0) is 32.1 Å². The van der Waals surface area contributed by atoms with Crippen molar-refractivity contribution < 1.29 is 64.8 Å². The molecule has 2 unspecified atom stereocenters. The van der Waals surface area contributed by atoms with Crippen LogP contribution in [0.2, 0.25) is 0 Å². The highest BCUT2D eigenvalue weighted by atomic mass is 16.4. The summed E-state index contributed by atoms with van der Waals surface area (Å²) in [7, 11) is 0.